The molecule has 20 heavy (non-hydrogen) atoms. The third-order valence-electron chi connectivity index (χ3n) is 2.87. The van der Waals surface area contributed by atoms with Crippen LogP contribution in [0.3, 0.4) is 0 Å². The molecule has 1 aliphatic carbocycles. The van der Waals surface area contributed by atoms with Crippen molar-refractivity contribution in [2.45, 2.75) is 45.3 Å². The SMILES string of the molecule is CN(CCN=C(N)N(C)C1CC1)C(=O)OC(C)(C)C.I. The van der Waals surface area contributed by atoms with Gasteiger partial charge in [0.05, 0.1) is 6.54 Å². The number of carbonyl (C=O) groups is 1. The normalized spacial score (nSPS) is 15.3. The summed E-state index contributed by atoms with van der Waals surface area (Å²) in [4.78, 5) is 19.5. The highest BCUT2D eigenvalue weighted by atomic mass is 127. The molecule has 118 valence electrons. The predicted octanol–water partition coefficient (Wildman–Crippen LogP) is 1.88. The second kappa shape index (κ2) is 7.90. The molecule has 7 heteroatoms. The second-order valence-electron chi connectivity index (χ2n) is 5.98. The summed E-state index contributed by atoms with van der Waals surface area (Å²) in [5, 5.41) is 0. The number of guanidine groups is 1. The maximum absolute atomic E-state index is 11.7. The molecule has 0 aromatic carbocycles. The molecule has 1 aliphatic rings. The lowest BCUT2D eigenvalue weighted by Gasteiger charge is -2.24. The van der Waals surface area contributed by atoms with Crippen LogP contribution >= 0.6 is 24.0 Å². The molecule has 0 spiro atoms. The van der Waals surface area contributed by atoms with Crippen LogP contribution in [0.25, 0.3) is 0 Å². The first kappa shape index (κ1) is 19.3. The maximum atomic E-state index is 11.7. The Labute approximate surface area is 138 Å². The summed E-state index contributed by atoms with van der Waals surface area (Å²) in [6, 6.07) is 0.548. The minimum Gasteiger partial charge on any atom is -0.444 e. The topological polar surface area (TPSA) is 71.2 Å². The molecular weight excluding hydrogens is 371 g/mol. The van der Waals surface area contributed by atoms with Crippen LogP contribution in [0.15, 0.2) is 4.99 Å². The minimum absolute atomic E-state index is 0. The van der Waals surface area contributed by atoms with E-state index >= 15 is 0 Å². The molecule has 1 fully saturated rings. The van der Waals surface area contributed by atoms with Crippen LogP contribution in [0.2, 0.25) is 0 Å². The lowest BCUT2D eigenvalue weighted by molar-refractivity contribution is 0.0304. The first-order valence-electron chi connectivity index (χ1n) is 6.67. The van der Waals surface area contributed by atoms with Crippen LogP contribution in [0.1, 0.15) is 33.6 Å². The highest BCUT2D eigenvalue weighted by Gasteiger charge is 2.27. The highest BCUT2D eigenvalue weighted by molar-refractivity contribution is 14.0. The number of ether oxygens (including phenoxy) is 1. The van der Waals surface area contributed by atoms with Gasteiger partial charge in [-0.2, -0.15) is 0 Å². The van der Waals surface area contributed by atoms with Gasteiger partial charge in [0.2, 0.25) is 0 Å². The van der Waals surface area contributed by atoms with Gasteiger partial charge in [0.1, 0.15) is 5.60 Å². The summed E-state index contributed by atoms with van der Waals surface area (Å²) >= 11 is 0. The Morgan fingerprint density at radius 2 is 1.90 bits per heavy atom. The summed E-state index contributed by atoms with van der Waals surface area (Å²) in [6.07, 6.45) is 2.03. The van der Waals surface area contributed by atoms with Gasteiger partial charge in [0, 0.05) is 26.7 Å². The van der Waals surface area contributed by atoms with E-state index in [9.17, 15) is 4.79 Å². The van der Waals surface area contributed by atoms with E-state index in [4.69, 9.17) is 10.5 Å². The number of amides is 1. The van der Waals surface area contributed by atoms with Gasteiger partial charge >= 0.3 is 6.09 Å². The van der Waals surface area contributed by atoms with E-state index in [1.54, 1.807) is 7.05 Å². The molecule has 1 amide bonds. The van der Waals surface area contributed by atoms with Crippen molar-refractivity contribution in [3.63, 3.8) is 0 Å². The van der Waals surface area contributed by atoms with Gasteiger partial charge in [-0.15, -0.1) is 24.0 Å². The van der Waals surface area contributed by atoms with Crippen LogP contribution in [-0.2, 0) is 4.74 Å². The lowest BCUT2D eigenvalue weighted by atomic mass is 10.2. The fraction of sp³-hybridized carbons (Fsp3) is 0.846. The van der Waals surface area contributed by atoms with E-state index in [0.29, 0.717) is 25.1 Å². The zero-order valence-electron chi connectivity index (χ0n) is 13.0. The largest absolute Gasteiger partial charge is 0.444 e. The van der Waals surface area contributed by atoms with Crippen LogP contribution in [0.5, 0.6) is 0 Å². The fourth-order valence-electron chi connectivity index (χ4n) is 1.51. The molecule has 6 nitrogen and oxygen atoms in total. The number of nitrogens with two attached hydrogens (primary N) is 1. The summed E-state index contributed by atoms with van der Waals surface area (Å²) in [6.45, 7) is 6.52. The first-order chi connectivity index (χ1) is 8.70. The van der Waals surface area contributed by atoms with E-state index in [0.717, 1.165) is 0 Å². The smallest absolute Gasteiger partial charge is 0.410 e. The zero-order valence-corrected chi connectivity index (χ0v) is 15.4. The van der Waals surface area contributed by atoms with Crippen molar-refractivity contribution in [3.8, 4) is 0 Å². The van der Waals surface area contributed by atoms with Crippen LogP contribution in [-0.4, -0.2) is 60.7 Å². The molecule has 0 unspecified atom stereocenters. The van der Waals surface area contributed by atoms with Crippen molar-refractivity contribution in [2.75, 3.05) is 27.2 Å². The molecule has 0 aromatic heterocycles. The first-order valence-corrected chi connectivity index (χ1v) is 6.67. The molecule has 1 saturated carbocycles. The summed E-state index contributed by atoms with van der Waals surface area (Å²) < 4.78 is 5.25. The second-order valence-corrected chi connectivity index (χ2v) is 5.98. The quantitative estimate of drug-likeness (QED) is 0.446. The number of likely N-dealkylation sites (N-methyl/N-ethyl adjacent to an activating group) is 1. The maximum Gasteiger partial charge on any atom is 0.410 e. The van der Waals surface area contributed by atoms with E-state index in [1.165, 1.54) is 17.7 Å². The Hall–Kier alpha value is -0.730. The standard InChI is InChI=1S/C13H26N4O2.HI/c1-13(2,3)19-12(18)16(4)9-8-15-11(14)17(5)10-6-7-10;/h10H,6-9H2,1-5H3,(H2,14,15);1H. The van der Waals surface area contributed by atoms with Crippen molar-refractivity contribution < 1.29 is 9.53 Å². The van der Waals surface area contributed by atoms with E-state index in [1.807, 2.05) is 32.7 Å². The summed E-state index contributed by atoms with van der Waals surface area (Å²) in [5.74, 6) is 0.542. The molecular formula is C13H27IN4O2. The number of aliphatic imine (C=N–C) groups is 1. The van der Waals surface area contributed by atoms with E-state index < -0.39 is 5.60 Å². The molecule has 0 aliphatic heterocycles. The molecule has 0 heterocycles. The van der Waals surface area contributed by atoms with Crippen molar-refractivity contribution in [2.24, 2.45) is 10.7 Å². The van der Waals surface area contributed by atoms with Gasteiger partial charge in [-0.05, 0) is 33.6 Å². The van der Waals surface area contributed by atoms with E-state index in [-0.39, 0.29) is 30.1 Å². The third-order valence-corrected chi connectivity index (χ3v) is 2.87. The van der Waals surface area contributed by atoms with Gasteiger partial charge in [0.15, 0.2) is 5.96 Å². The molecule has 1 rings (SSSR count). The number of carbonyl (C=O) groups excluding carboxylic acids is 1. The van der Waals surface area contributed by atoms with Gasteiger partial charge in [-0.3, -0.25) is 4.99 Å². The van der Waals surface area contributed by atoms with Gasteiger partial charge in [0.25, 0.3) is 0 Å². The Morgan fingerprint density at radius 3 is 2.35 bits per heavy atom. The minimum atomic E-state index is -0.472. The van der Waals surface area contributed by atoms with Crippen LogP contribution in [0, 0.1) is 0 Å². The van der Waals surface area contributed by atoms with Crippen molar-refractivity contribution in [1.82, 2.24) is 9.80 Å². The molecule has 2 N–H and O–H groups in total. The van der Waals surface area contributed by atoms with E-state index in [2.05, 4.69) is 4.99 Å². The Balaban J connectivity index is 0.00000361. The Morgan fingerprint density at radius 1 is 1.35 bits per heavy atom. The average molecular weight is 398 g/mol. The molecule has 0 bridgehead atoms. The van der Waals surface area contributed by atoms with Crippen molar-refractivity contribution >= 4 is 36.0 Å². The molecule has 0 saturated heterocycles. The van der Waals surface area contributed by atoms with Crippen LogP contribution in [0.4, 0.5) is 4.79 Å². The van der Waals surface area contributed by atoms with Gasteiger partial charge < -0.3 is 20.3 Å². The highest BCUT2D eigenvalue weighted by Crippen LogP contribution is 2.24. The summed E-state index contributed by atoms with van der Waals surface area (Å²) in [5.41, 5.74) is 5.39. The van der Waals surface area contributed by atoms with Crippen molar-refractivity contribution in [1.29, 1.82) is 0 Å². The number of nitrogens with zero attached hydrogens (tertiary/aromatic N) is 3. The van der Waals surface area contributed by atoms with Crippen LogP contribution < -0.4 is 5.73 Å². The molecule has 0 radical (unpaired) electrons. The third kappa shape index (κ3) is 7.16. The lowest BCUT2D eigenvalue weighted by Crippen LogP contribution is -2.38. The summed E-state index contributed by atoms with van der Waals surface area (Å²) in [7, 11) is 3.65. The number of rotatable bonds is 4. The number of halogens is 1. The Bertz CT molecular complexity index is 351. The molecule has 0 aromatic rings. The Kier molecular flexibility index (Phi) is 7.61. The predicted molar refractivity (Wildman–Crippen MR) is 91.6 cm³/mol. The fourth-order valence-corrected chi connectivity index (χ4v) is 1.51. The monoisotopic (exact) mass is 398 g/mol. The zero-order chi connectivity index (χ0) is 14.6. The van der Waals surface area contributed by atoms with Crippen molar-refractivity contribution in [3.05, 3.63) is 0 Å². The number of hydrogen-bond acceptors (Lipinski definition) is 3. The van der Waals surface area contributed by atoms with Gasteiger partial charge in [-0.25, -0.2) is 4.79 Å². The number of hydrogen-bond donors (Lipinski definition) is 1. The average Bonchev–Trinajstić information content (AvgIpc) is 3.09. The molecule has 0 atom stereocenters. The van der Waals surface area contributed by atoms with Gasteiger partial charge in [-0.1, -0.05) is 0 Å².